The highest BCUT2D eigenvalue weighted by atomic mass is 16.6. The lowest BCUT2D eigenvalue weighted by Gasteiger charge is -2.22. The number of aryl methyl sites for hydroxylation is 1. The van der Waals surface area contributed by atoms with Crippen LogP contribution in [0.2, 0.25) is 0 Å². The van der Waals surface area contributed by atoms with E-state index in [0.717, 1.165) is 0 Å². The van der Waals surface area contributed by atoms with Gasteiger partial charge in [0.25, 0.3) is 0 Å². The fourth-order valence-electron chi connectivity index (χ4n) is 1.75. The number of phenolic OH excluding ortho intramolecular Hbond substituents is 1. The third-order valence-corrected chi connectivity index (χ3v) is 2.73. The molecule has 1 aromatic carbocycles. The molecule has 1 atom stereocenters. The third-order valence-electron chi connectivity index (χ3n) is 2.73. The Morgan fingerprint density at radius 3 is 2.48 bits per heavy atom. The number of carboxylic acid groups (broad SMARTS) is 1. The molecular weight excluding hydrogens is 274 g/mol. The molecule has 0 aliphatic heterocycles. The number of amides is 1. The fraction of sp³-hybridized carbons (Fsp3) is 0.467. The molecule has 0 fully saturated rings. The van der Waals surface area contributed by atoms with E-state index in [1.54, 1.807) is 45.9 Å². The van der Waals surface area contributed by atoms with Gasteiger partial charge in [0, 0.05) is 6.42 Å². The average molecular weight is 295 g/mol. The number of nitrogens with one attached hydrogen (secondary N) is 1. The van der Waals surface area contributed by atoms with Gasteiger partial charge in [-0.3, -0.25) is 0 Å². The van der Waals surface area contributed by atoms with E-state index in [2.05, 4.69) is 5.32 Å². The molecule has 0 radical (unpaired) electrons. The number of phenols is 1. The van der Waals surface area contributed by atoms with E-state index in [1.165, 1.54) is 0 Å². The van der Waals surface area contributed by atoms with Gasteiger partial charge in [-0.05, 0) is 38.8 Å². The zero-order chi connectivity index (χ0) is 16.2. The first-order valence-corrected chi connectivity index (χ1v) is 6.60. The minimum absolute atomic E-state index is 0.0257. The highest BCUT2D eigenvalue weighted by molar-refractivity contribution is 5.80. The van der Waals surface area contributed by atoms with Gasteiger partial charge in [0.05, 0.1) is 0 Å². The molecule has 6 heteroatoms. The first-order valence-electron chi connectivity index (χ1n) is 6.60. The number of benzene rings is 1. The number of rotatable bonds is 4. The normalized spacial score (nSPS) is 12.6. The van der Waals surface area contributed by atoms with E-state index in [9.17, 15) is 19.8 Å². The molecule has 0 aliphatic carbocycles. The lowest BCUT2D eigenvalue weighted by molar-refractivity contribution is -0.139. The summed E-state index contributed by atoms with van der Waals surface area (Å²) in [7, 11) is 0. The number of carbonyl (C=O) groups is 2. The van der Waals surface area contributed by atoms with Crippen LogP contribution in [0.4, 0.5) is 4.79 Å². The van der Waals surface area contributed by atoms with Gasteiger partial charge < -0.3 is 20.3 Å². The average Bonchev–Trinajstić information content (AvgIpc) is 2.31. The largest absolute Gasteiger partial charge is 0.507 e. The number of carbonyl (C=O) groups excluding carboxylic acids is 1. The predicted molar refractivity (Wildman–Crippen MR) is 77.3 cm³/mol. The molecular formula is C15H21NO5. The van der Waals surface area contributed by atoms with Crippen LogP contribution in [0.3, 0.4) is 0 Å². The molecule has 1 aromatic rings. The molecule has 0 saturated heterocycles. The maximum atomic E-state index is 11.7. The number of carboxylic acids is 1. The summed E-state index contributed by atoms with van der Waals surface area (Å²) in [6.07, 6.45) is -0.829. The molecule has 21 heavy (non-hydrogen) atoms. The molecule has 3 N–H and O–H groups in total. The molecule has 0 aromatic heterocycles. The highest BCUT2D eigenvalue weighted by Gasteiger charge is 2.25. The maximum absolute atomic E-state index is 11.7. The first kappa shape index (κ1) is 16.8. The Morgan fingerprint density at radius 2 is 1.95 bits per heavy atom. The molecule has 1 rings (SSSR count). The van der Waals surface area contributed by atoms with Crippen LogP contribution < -0.4 is 5.32 Å². The summed E-state index contributed by atoms with van der Waals surface area (Å²) < 4.78 is 5.03. The second-order valence-electron chi connectivity index (χ2n) is 5.82. The first-order chi connectivity index (χ1) is 9.60. The topological polar surface area (TPSA) is 95.9 Å². The Bertz CT molecular complexity index is 533. The summed E-state index contributed by atoms with van der Waals surface area (Å²) in [6, 6.07) is 3.88. The molecule has 6 nitrogen and oxygen atoms in total. The summed E-state index contributed by atoms with van der Waals surface area (Å²) in [5.74, 6) is -1.16. The Hall–Kier alpha value is -2.24. The molecule has 1 amide bonds. The van der Waals surface area contributed by atoms with Crippen LogP contribution in [-0.2, 0) is 16.0 Å². The van der Waals surface area contributed by atoms with Crippen molar-refractivity contribution in [2.75, 3.05) is 0 Å². The molecule has 0 spiro atoms. The summed E-state index contributed by atoms with van der Waals surface area (Å²) in [5.41, 5.74) is 0.394. The van der Waals surface area contributed by atoms with Crippen molar-refractivity contribution in [3.8, 4) is 5.75 Å². The Labute approximate surface area is 123 Å². The van der Waals surface area contributed by atoms with Crippen LogP contribution >= 0.6 is 0 Å². The van der Waals surface area contributed by atoms with Crippen molar-refractivity contribution in [1.82, 2.24) is 5.32 Å². The van der Waals surface area contributed by atoms with Gasteiger partial charge >= 0.3 is 12.1 Å². The number of ether oxygens (including phenoxy) is 1. The van der Waals surface area contributed by atoms with Crippen molar-refractivity contribution < 1.29 is 24.5 Å². The molecule has 0 saturated carbocycles. The van der Waals surface area contributed by atoms with E-state index in [-0.39, 0.29) is 12.2 Å². The van der Waals surface area contributed by atoms with Gasteiger partial charge in [-0.25, -0.2) is 9.59 Å². The van der Waals surface area contributed by atoms with Crippen molar-refractivity contribution in [2.45, 2.75) is 45.8 Å². The van der Waals surface area contributed by atoms with Crippen LogP contribution in [0.5, 0.6) is 5.75 Å². The Morgan fingerprint density at radius 1 is 1.33 bits per heavy atom. The summed E-state index contributed by atoms with van der Waals surface area (Å²) in [4.78, 5) is 22.9. The standard InChI is InChI=1S/C15H21NO5/c1-9-6-5-7-10(12(9)17)8-11(13(18)19)16-14(20)21-15(2,3)4/h5-7,11,17H,8H2,1-4H3,(H,16,20)(H,18,19). The number of hydrogen-bond donors (Lipinski definition) is 3. The number of aliphatic carboxylic acids is 1. The van der Waals surface area contributed by atoms with Gasteiger partial charge in [0.1, 0.15) is 17.4 Å². The van der Waals surface area contributed by atoms with Gasteiger partial charge in [-0.15, -0.1) is 0 Å². The maximum Gasteiger partial charge on any atom is 0.408 e. The second kappa shape index (κ2) is 6.47. The Balaban J connectivity index is 2.82. The second-order valence-corrected chi connectivity index (χ2v) is 5.82. The third kappa shape index (κ3) is 5.33. The van der Waals surface area contributed by atoms with Crippen LogP contribution in [0.1, 0.15) is 31.9 Å². The SMILES string of the molecule is Cc1cccc(CC(NC(=O)OC(C)(C)C)C(=O)O)c1O. The van der Waals surface area contributed by atoms with E-state index in [1.807, 2.05) is 0 Å². The van der Waals surface area contributed by atoms with E-state index < -0.39 is 23.7 Å². The monoisotopic (exact) mass is 295 g/mol. The minimum atomic E-state index is -1.19. The lowest BCUT2D eigenvalue weighted by atomic mass is 10.0. The van der Waals surface area contributed by atoms with E-state index >= 15 is 0 Å². The molecule has 0 aliphatic rings. The van der Waals surface area contributed by atoms with Gasteiger partial charge in [-0.2, -0.15) is 0 Å². The van der Waals surface area contributed by atoms with Gasteiger partial charge in [0.15, 0.2) is 0 Å². The number of alkyl carbamates (subject to hydrolysis) is 1. The molecule has 0 bridgehead atoms. The zero-order valence-corrected chi connectivity index (χ0v) is 12.6. The molecule has 1 unspecified atom stereocenters. The van der Waals surface area contributed by atoms with Gasteiger partial charge in [0.2, 0.25) is 0 Å². The quantitative estimate of drug-likeness (QED) is 0.791. The molecule has 0 heterocycles. The lowest BCUT2D eigenvalue weighted by Crippen LogP contribution is -2.44. The fourth-order valence-corrected chi connectivity index (χ4v) is 1.75. The van der Waals surface area contributed by atoms with Crippen molar-refractivity contribution in [3.05, 3.63) is 29.3 Å². The van der Waals surface area contributed by atoms with Crippen LogP contribution in [-0.4, -0.2) is 33.9 Å². The highest BCUT2D eigenvalue weighted by Crippen LogP contribution is 2.22. The van der Waals surface area contributed by atoms with Crippen LogP contribution in [0.15, 0.2) is 18.2 Å². The number of aromatic hydroxyl groups is 1. The van der Waals surface area contributed by atoms with Crippen LogP contribution in [0, 0.1) is 6.92 Å². The Kier molecular flexibility index (Phi) is 5.18. The summed E-state index contributed by atoms with van der Waals surface area (Å²) in [6.45, 7) is 6.79. The van der Waals surface area contributed by atoms with E-state index in [4.69, 9.17) is 4.74 Å². The minimum Gasteiger partial charge on any atom is -0.507 e. The van der Waals surface area contributed by atoms with Gasteiger partial charge in [-0.1, -0.05) is 18.2 Å². The predicted octanol–water partition coefficient (Wildman–Crippen LogP) is 2.22. The molecule has 116 valence electrons. The summed E-state index contributed by atoms with van der Waals surface area (Å²) >= 11 is 0. The smallest absolute Gasteiger partial charge is 0.408 e. The number of hydrogen-bond acceptors (Lipinski definition) is 4. The van der Waals surface area contributed by atoms with Crippen molar-refractivity contribution in [3.63, 3.8) is 0 Å². The van der Waals surface area contributed by atoms with Crippen molar-refractivity contribution >= 4 is 12.1 Å². The zero-order valence-electron chi connectivity index (χ0n) is 12.6. The van der Waals surface area contributed by atoms with Crippen LogP contribution in [0.25, 0.3) is 0 Å². The van der Waals surface area contributed by atoms with Crippen molar-refractivity contribution in [2.24, 2.45) is 0 Å². The number of para-hydroxylation sites is 1. The summed E-state index contributed by atoms with van der Waals surface area (Å²) in [5, 5.41) is 21.4. The van der Waals surface area contributed by atoms with E-state index in [0.29, 0.717) is 11.1 Å². The van der Waals surface area contributed by atoms with Crippen molar-refractivity contribution in [1.29, 1.82) is 0 Å².